The van der Waals surface area contributed by atoms with Crippen molar-refractivity contribution in [2.24, 2.45) is 0 Å². The van der Waals surface area contributed by atoms with Crippen LogP contribution in [0.3, 0.4) is 0 Å². The quantitative estimate of drug-likeness (QED) is 0.437. The van der Waals surface area contributed by atoms with Crippen LogP contribution in [0, 0.1) is 12.7 Å². The van der Waals surface area contributed by atoms with Crippen LogP contribution in [0.4, 0.5) is 10.3 Å². The minimum Gasteiger partial charge on any atom is -0.329 e. The fraction of sp³-hybridized carbons (Fsp3) is 0.185. The minimum atomic E-state index is -0.264. The molecule has 2 atom stereocenters. The Labute approximate surface area is 185 Å². The summed E-state index contributed by atoms with van der Waals surface area (Å²) in [5.74, 6) is 0.637. The summed E-state index contributed by atoms with van der Waals surface area (Å²) >= 11 is 0. The Morgan fingerprint density at radius 3 is 2.53 bits per heavy atom. The zero-order chi connectivity index (χ0) is 21.8. The third kappa shape index (κ3) is 2.88. The van der Waals surface area contributed by atoms with E-state index in [2.05, 4.69) is 35.0 Å². The van der Waals surface area contributed by atoms with E-state index in [4.69, 9.17) is 4.98 Å². The summed E-state index contributed by atoms with van der Waals surface area (Å²) in [5.41, 5.74) is 6.88. The molecule has 0 spiro atoms. The average molecular weight is 423 g/mol. The van der Waals surface area contributed by atoms with E-state index in [1.807, 2.05) is 30.3 Å². The molecule has 0 amide bonds. The number of aryl methyl sites for hydroxylation is 1. The molecule has 32 heavy (non-hydrogen) atoms. The number of carbonyl (C=O) groups excluding carboxylic acids is 1. The van der Waals surface area contributed by atoms with Gasteiger partial charge in [0.2, 0.25) is 5.95 Å². The zero-order valence-electron chi connectivity index (χ0n) is 17.7. The summed E-state index contributed by atoms with van der Waals surface area (Å²) in [4.78, 5) is 18.5. The van der Waals surface area contributed by atoms with Crippen LogP contribution in [0.2, 0.25) is 0 Å². The normalized spacial score (nSPS) is 20.1. The van der Waals surface area contributed by atoms with Crippen molar-refractivity contribution in [1.29, 1.82) is 0 Å². The van der Waals surface area contributed by atoms with Crippen LogP contribution in [0.1, 0.15) is 41.5 Å². The summed E-state index contributed by atoms with van der Waals surface area (Å²) in [6.07, 6.45) is 1.11. The van der Waals surface area contributed by atoms with Crippen LogP contribution in [0.5, 0.6) is 0 Å². The molecular formula is C27H22FN3O. The zero-order valence-corrected chi connectivity index (χ0v) is 17.7. The van der Waals surface area contributed by atoms with E-state index in [-0.39, 0.29) is 23.6 Å². The van der Waals surface area contributed by atoms with Crippen LogP contribution < -0.4 is 5.32 Å². The van der Waals surface area contributed by atoms with Gasteiger partial charge in [0, 0.05) is 17.7 Å². The van der Waals surface area contributed by atoms with E-state index in [1.165, 1.54) is 12.1 Å². The second-order valence-electron chi connectivity index (χ2n) is 8.65. The molecule has 2 aliphatic rings. The van der Waals surface area contributed by atoms with Crippen molar-refractivity contribution >= 4 is 22.8 Å². The van der Waals surface area contributed by atoms with Crippen molar-refractivity contribution in [3.05, 3.63) is 107 Å². The van der Waals surface area contributed by atoms with Crippen LogP contribution in [-0.4, -0.2) is 15.3 Å². The molecule has 1 aliphatic heterocycles. The number of carbonyl (C=O) groups is 1. The number of para-hydroxylation sites is 2. The van der Waals surface area contributed by atoms with Crippen LogP contribution in [-0.2, 0) is 4.79 Å². The van der Waals surface area contributed by atoms with E-state index in [1.54, 1.807) is 12.1 Å². The average Bonchev–Trinajstić information content (AvgIpc) is 3.16. The smallest absolute Gasteiger partial charge is 0.209 e. The largest absolute Gasteiger partial charge is 0.329 e. The Bertz CT molecular complexity index is 1400. The summed E-state index contributed by atoms with van der Waals surface area (Å²) in [5, 5.41) is 3.49. The second kappa shape index (κ2) is 7.16. The molecule has 1 aromatic heterocycles. The SMILES string of the molecule is Cc1ccccc1C1C2=C(CC(c3ccc(F)cc3)CC2=O)Nc2nc3ccccc3n21. The van der Waals surface area contributed by atoms with Gasteiger partial charge in [0.15, 0.2) is 5.78 Å². The fourth-order valence-electron chi connectivity index (χ4n) is 5.18. The Kier molecular flexibility index (Phi) is 4.25. The monoisotopic (exact) mass is 423 g/mol. The first-order valence-corrected chi connectivity index (χ1v) is 10.9. The molecule has 0 bridgehead atoms. The third-order valence-corrected chi connectivity index (χ3v) is 6.72. The lowest BCUT2D eigenvalue weighted by molar-refractivity contribution is -0.116. The van der Waals surface area contributed by atoms with Gasteiger partial charge in [-0.2, -0.15) is 0 Å². The number of halogens is 1. The number of nitrogens with zero attached hydrogens (tertiary/aromatic N) is 2. The van der Waals surface area contributed by atoms with Gasteiger partial charge < -0.3 is 5.32 Å². The lowest BCUT2D eigenvalue weighted by atomic mass is 9.77. The Morgan fingerprint density at radius 2 is 1.72 bits per heavy atom. The van der Waals surface area contributed by atoms with E-state index in [0.717, 1.165) is 44.9 Å². The molecule has 0 radical (unpaired) electrons. The van der Waals surface area contributed by atoms with Crippen molar-refractivity contribution < 1.29 is 9.18 Å². The number of fused-ring (bicyclic) bond motifs is 3. The molecule has 5 heteroatoms. The number of hydrogen-bond donors (Lipinski definition) is 1. The van der Waals surface area contributed by atoms with Gasteiger partial charge in [-0.15, -0.1) is 0 Å². The molecular weight excluding hydrogens is 401 g/mol. The highest BCUT2D eigenvalue weighted by Gasteiger charge is 2.39. The number of nitrogens with one attached hydrogen (secondary N) is 1. The van der Waals surface area contributed by atoms with Gasteiger partial charge in [0.25, 0.3) is 0 Å². The Hall–Kier alpha value is -3.73. The molecule has 0 saturated heterocycles. The van der Waals surface area contributed by atoms with Gasteiger partial charge in [0.05, 0.1) is 17.1 Å². The molecule has 3 aromatic carbocycles. The van der Waals surface area contributed by atoms with E-state index in [9.17, 15) is 9.18 Å². The molecule has 0 fully saturated rings. The van der Waals surface area contributed by atoms with Crippen molar-refractivity contribution in [2.75, 3.05) is 5.32 Å². The number of anilines is 1. The van der Waals surface area contributed by atoms with Gasteiger partial charge in [-0.25, -0.2) is 9.37 Å². The van der Waals surface area contributed by atoms with E-state index >= 15 is 0 Å². The molecule has 4 aromatic rings. The third-order valence-electron chi connectivity index (χ3n) is 6.72. The summed E-state index contributed by atoms with van der Waals surface area (Å²) in [6.45, 7) is 2.09. The van der Waals surface area contributed by atoms with Crippen LogP contribution >= 0.6 is 0 Å². The first kappa shape index (κ1) is 19.0. The number of allylic oxidation sites excluding steroid dienone is 2. The van der Waals surface area contributed by atoms with Crippen LogP contribution in [0.25, 0.3) is 11.0 Å². The molecule has 0 saturated carbocycles. The number of rotatable bonds is 2. The molecule has 2 unspecified atom stereocenters. The highest BCUT2D eigenvalue weighted by molar-refractivity contribution is 6.01. The molecule has 1 N–H and O–H groups in total. The summed E-state index contributed by atoms with van der Waals surface area (Å²) in [7, 11) is 0. The summed E-state index contributed by atoms with van der Waals surface area (Å²) in [6, 6.07) is 22.6. The first-order valence-electron chi connectivity index (χ1n) is 10.9. The van der Waals surface area contributed by atoms with Crippen LogP contribution in [0.15, 0.2) is 84.1 Å². The van der Waals surface area contributed by atoms with Crippen molar-refractivity contribution in [1.82, 2.24) is 9.55 Å². The molecule has 1 aliphatic carbocycles. The van der Waals surface area contributed by atoms with Crippen molar-refractivity contribution in [2.45, 2.75) is 31.7 Å². The molecule has 158 valence electrons. The highest BCUT2D eigenvalue weighted by atomic mass is 19.1. The molecule has 6 rings (SSSR count). The number of Topliss-reactive ketones (excluding diaryl/α,β-unsaturated/α-hetero) is 1. The standard InChI is InChI=1S/C27H22FN3O/c1-16-6-2-3-7-20(16)26-25-22(30-27-29-21-8-4-5-9-23(21)31(26)27)14-18(15-24(25)32)17-10-12-19(28)13-11-17/h2-13,18,26H,14-15H2,1H3,(H,29,30). The Balaban J connectivity index is 1.53. The van der Waals surface area contributed by atoms with Gasteiger partial charge in [-0.3, -0.25) is 9.36 Å². The number of hydrogen-bond acceptors (Lipinski definition) is 3. The van der Waals surface area contributed by atoms with Crippen molar-refractivity contribution in [3.63, 3.8) is 0 Å². The predicted molar refractivity (Wildman–Crippen MR) is 123 cm³/mol. The van der Waals surface area contributed by atoms with Gasteiger partial charge in [-0.05, 0) is 60.2 Å². The minimum absolute atomic E-state index is 0.0165. The lowest BCUT2D eigenvalue weighted by Crippen LogP contribution is -2.33. The van der Waals surface area contributed by atoms with Crippen molar-refractivity contribution in [3.8, 4) is 0 Å². The number of ketones is 1. The van der Waals surface area contributed by atoms with E-state index in [0.29, 0.717) is 12.8 Å². The maximum absolute atomic E-state index is 13.6. The molecule has 2 heterocycles. The maximum Gasteiger partial charge on any atom is 0.209 e. The van der Waals surface area contributed by atoms with Gasteiger partial charge in [0.1, 0.15) is 5.82 Å². The maximum atomic E-state index is 13.6. The predicted octanol–water partition coefficient (Wildman–Crippen LogP) is 5.90. The molecule has 4 nitrogen and oxygen atoms in total. The topological polar surface area (TPSA) is 46.9 Å². The second-order valence-corrected chi connectivity index (χ2v) is 8.65. The Morgan fingerprint density at radius 1 is 0.969 bits per heavy atom. The van der Waals surface area contributed by atoms with Gasteiger partial charge >= 0.3 is 0 Å². The number of benzene rings is 3. The van der Waals surface area contributed by atoms with E-state index < -0.39 is 0 Å². The van der Waals surface area contributed by atoms with Gasteiger partial charge in [-0.1, -0.05) is 48.5 Å². The number of imidazole rings is 1. The highest BCUT2D eigenvalue weighted by Crippen LogP contribution is 2.46. The number of aromatic nitrogens is 2. The first-order chi connectivity index (χ1) is 15.6. The fourth-order valence-corrected chi connectivity index (χ4v) is 5.18. The summed E-state index contributed by atoms with van der Waals surface area (Å²) < 4.78 is 15.6. The lowest BCUT2D eigenvalue weighted by Gasteiger charge is -2.37.